The molecule has 0 radical (unpaired) electrons. The van der Waals surface area contributed by atoms with Gasteiger partial charge in [-0.15, -0.1) is 46.2 Å². The standard InChI is InChI=1S/C29H32N2S9/c1-3-5-7-9-11-13-33-26-27(34-14-12-10-8-6-4-2)40-29(39-26)28-37-23(24(32)38-28)25-35-21-15-19(17-30)20(18-31)16-22(21)36-25/h15-16H,3-14H2,1-2H3. The van der Waals surface area contributed by atoms with Crippen molar-refractivity contribution < 1.29 is 0 Å². The van der Waals surface area contributed by atoms with Crippen LogP contribution in [0.5, 0.6) is 0 Å². The van der Waals surface area contributed by atoms with Gasteiger partial charge in [-0.1, -0.05) is 124 Å². The first-order chi connectivity index (χ1) is 19.6. The van der Waals surface area contributed by atoms with Gasteiger partial charge in [-0.3, -0.25) is 0 Å². The van der Waals surface area contributed by atoms with E-state index in [4.69, 9.17) is 12.2 Å². The van der Waals surface area contributed by atoms with Crippen molar-refractivity contribution in [3.8, 4) is 12.1 Å². The maximum atomic E-state index is 9.43. The highest BCUT2D eigenvalue weighted by Crippen LogP contribution is 2.58. The van der Waals surface area contributed by atoms with Crippen molar-refractivity contribution >= 4 is 114 Å². The lowest BCUT2D eigenvalue weighted by Gasteiger charge is -2.05. The van der Waals surface area contributed by atoms with E-state index in [1.807, 2.05) is 35.7 Å². The van der Waals surface area contributed by atoms with Crippen LogP contribution in [-0.4, -0.2) is 11.5 Å². The Morgan fingerprint density at radius 3 is 1.65 bits per heavy atom. The molecule has 2 aliphatic rings. The fraction of sp³-hybridized carbons (Fsp3) is 0.483. The molecule has 0 spiro atoms. The molecule has 212 valence electrons. The molecule has 11 heteroatoms. The largest absolute Gasteiger partial charge is 0.192 e. The van der Waals surface area contributed by atoms with Gasteiger partial charge in [0.05, 0.1) is 32.6 Å². The van der Waals surface area contributed by atoms with E-state index < -0.39 is 0 Å². The molecular formula is C29H32N2S9. The van der Waals surface area contributed by atoms with Gasteiger partial charge in [-0.25, -0.2) is 0 Å². The van der Waals surface area contributed by atoms with Crippen LogP contribution in [0.15, 0.2) is 30.4 Å². The maximum absolute atomic E-state index is 9.43. The first kappa shape index (κ1) is 33.0. The molecule has 2 nitrogen and oxygen atoms in total. The van der Waals surface area contributed by atoms with Gasteiger partial charge >= 0.3 is 0 Å². The molecule has 2 aromatic rings. The number of rotatable bonds is 14. The molecule has 0 saturated carbocycles. The number of hydrogen-bond donors (Lipinski definition) is 0. The Morgan fingerprint density at radius 2 is 1.18 bits per heavy atom. The van der Waals surface area contributed by atoms with Crippen LogP contribution in [0.3, 0.4) is 0 Å². The summed E-state index contributed by atoms with van der Waals surface area (Å²) in [6, 6.07) is 8.01. The third kappa shape index (κ3) is 9.03. The molecule has 0 amide bonds. The van der Waals surface area contributed by atoms with Crippen LogP contribution in [0.1, 0.15) is 89.2 Å². The predicted octanol–water partition coefficient (Wildman–Crippen LogP) is 11.3. The molecule has 40 heavy (non-hydrogen) atoms. The van der Waals surface area contributed by atoms with E-state index in [9.17, 15) is 10.5 Å². The molecule has 1 aromatic heterocycles. The van der Waals surface area contributed by atoms with Crippen LogP contribution in [0.4, 0.5) is 0 Å². The molecule has 0 N–H and O–H groups in total. The minimum Gasteiger partial charge on any atom is -0.192 e. The fourth-order valence-electron chi connectivity index (χ4n) is 3.99. The maximum Gasteiger partial charge on any atom is 0.110 e. The first-order valence-electron chi connectivity index (χ1n) is 13.7. The number of thioether (sulfide) groups is 6. The Morgan fingerprint density at radius 1 is 0.675 bits per heavy atom. The average Bonchev–Trinajstić information content (AvgIpc) is 3.67. The highest BCUT2D eigenvalue weighted by Gasteiger charge is 2.25. The van der Waals surface area contributed by atoms with E-state index in [-0.39, 0.29) is 0 Å². The van der Waals surface area contributed by atoms with E-state index in [0.717, 1.165) is 22.4 Å². The summed E-state index contributed by atoms with van der Waals surface area (Å²) in [5.41, 5.74) is 0.880. The van der Waals surface area contributed by atoms with Crippen molar-refractivity contribution in [2.75, 3.05) is 11.5 Å². The molecule has 4 rings (SSSR count). The summed E-state index contributed by atoms with van der Waals surface area (Å²) in [4.78, 5) is 2.08. The molecule has 0 aliphatic carbocycles. The second kappa shape index (κ2) is 17.4. The Kier molecular flexibility index (Phi) is 14.3. The number of nitriles is 2. The van der Waals surface area contributed by atoms with E-state index in [0.29, 0.717) is 11.1 Å². The van der Waals surface area contributed by atoms with E-state index >= 15 is 0 Å². The van der Waals surface area contributed by atoms with Gasteiger partial charge in [-0.2, -0.15) is 10.5 Å². The van der Waals surface area contributed by atoms with Gasteiger partial charge in [-0.05, 0) is 36.5 Å². The zero-order valence-electron chi connectivity index (χ0n) is 22.7. The minimum atomic E-state index is 0.440. The zero-order valence-corrected chi connectivity index (χ0v) is 30.1. The van der Waals surface area contributed by atoms with Crippen molar-refractivity contribution in [1.82, 2.24) is 0 Å². The molecular weight excluding hydrogens is 665 g/mol. The Labute approximate surface area is 277 Å². The third-order valence-corrected chi connectivity index (χ3v) is 18.1. The molecule has 0 bridgehead atoms. The predicted molar refractivity (Wildman–Crippen MR) is 191 cm³/mol. The summed E-state index contributed by atoms with van der Waals surface area (Å²) in [5.74, 6) is 2.40. The Balaban J connectivity index is 1.51. The monoisotopic (exact) mass is 696 g/mol. The van der Waals surface area contributed by atoms with Crippen molar-refractivity contribution in [1.29, 1.82) is 10.5 Å². The lowest BCUT2D eigenvalue weighted by Crippen LogP contribution is -1.96. The van der Waals surface area contributed by atoms with Crippen molar-refractivity contribution in [3.63, 3.8) is 0 Å². The van der Waals surface area contributed by atoms with Gasteiger partial charge < -0.3 is 0 Å². The molecule has 0 unspecified atom stereocenters. The summed E-state index contributed by atoms with van der Waals surface area (Å²) in [7, 11) is 0. The van der Waals surface area contributed by atoms with Gasteiger partial charge in [0, 0.05) is 9.79 Å². The molecule has 3 heterocycles. The number of fused-ring (bicyclic) bond motifs is 1. The van der Waals surface area contributed by atoms with Crippen molar-refractivity contribution in [3.05, 3.63) is 43.9 Å². The summed E-state index contributed by atoms with van der Waals surface area (Å²) in [5, 5.41) is 18.9. The summed E-state index contributed by atoms with van der Waals surface area (Å²) in [6.07, 6.45) is 13.2. The molecule has 1 aromatic carbocycles. The van der Waals surface area contributed by atoms with Crippen LogP contribution in [-0.2, 0) is 0 Å². The van der Waals surface area contributed by atoms with Crippen molar-refractivity contribution in [2.45, 2.75) is 87.8 Å². The van der Waals surface area contributed by atoms with Crippen LogP contribution in [0, 0.1) is 26.5 Å². The molecule has 0 fully saturated rings. The van der Waals surface area contributed by atoms with E-state index in [2.05, 4.69) is 49.5 Å². The first-order valence-corrected chi connectivity index (χ1v) is 20.9. The number of hydrogen-bond acceptors (Lipinski definition) is 11. The quantitative estimate of drug-likeness (QED) is 0.142. The number of benzene rings is 1. The minimum absolute atomic E-state index is 0.440. The lowest BCUT2D eigenvalue weighted by molar-refractivity contribution is 0.659. The second-order valence-electron chi connectivity index (χ2n) is 9.26. The van der Waals surface area contributed by atoms with Crippen LogP contribution < -0.4 is 8.38 Å². The number of unbranched alkanes of at least 4 members (excludes halogenated alkanes) is 8. The summed E-state index contributed by atoms with van der Waals surface area (Å²) in [6.45, 7) is 4.55. The zero-order chi connectivity index (χ0) is 28.3. The molecule has 2 aliphatic heterocycles. The second-order valence-corrected chi connectivity index (χ2v) is 19.6. The highest BCUT2D eigenvalue weighted by atomic mass is 32.3. The van der Waals surface area contributed by atoms with Crippen LogP contribution in [0.25, 0.3) is 8.47 Å². The summed E-state index contributed by atoms with van der Waals surface area (Å²) >= 11 is 20.8. The van der Waals surface area contributed by atoms with E-state index in [1.54, 1.807) is 46.2 Å². The Hall–Kier alpha value is 0.0500. The molecule has 0 saturated heterocycles. The lowest BCUT2D eigenvalue weighted by atomic mass is 10.1. The highest BCUT2D eigenvalue weighted by molar-refractivity contribution is 8.45. The topological polar surface area (TPSA) is 47.6 Å². The van der Waals surface area contributed by atoms with Gasteiger partial charge in [0.15, 0.2) is 0 Å². The van der Waals surface area contributed by atoms with Crippen LogP contribution in [0.2, 0.25) is 0 Å². The average molecular weight is 697 g/mol. The van der Waals surface area contributed by atoms with E-state index in [1.165, 1.54) is 92.3 Å². The van der Waals surface area contributed by atoms with Crippen molar-refractivity contribution in [2.24, 2.45) is 0 Å². The van der Waals surface area contributed by atoms with Gasteiger partial charge in [0.2, 0.25) is 0 Å². The third-order valence-electron chi connectivity index (χ3n) is 6.15. The molecule has 0 atom stereocenters. The SMILES string of the molecule is CCCCCCCSC1=C(SCCCCCCC)SC(=c2sc(=S)c(=C3Sc4cc(C#N)c(C#N)cc4S3)s2)S1. The fourth-order valence-corrected chi connectivity index (χ4v) is 16.2. The van der Waals surface area contributed by atoms with Gasteiger partial charge in [0.25, 0.3) is 0 Å². The smallest absolute Gasteiger partial charge is 0.110 e. The van der Waals surface area contributed by atoms with Crippen LogP contribution >= 0.6 is 105 Å². The normalized spacial score (nSPS) is 14.6. The Bertz CT molecular complexity index is 1410. The number of nitrogens with zero attached hydrogens (tertiary/aromatic N) is 2. The summed E-state index contributed by atoms with van der Waals surface area (Å²) < 4.78 is 8.89. The van der Waals surface area contributed by atoms with Gasteiger partial charge in [0.1, 0.15) is 19.8 Å².